The number of nitrogens with zero attached hydrogens (tertiary/aromatic N) is 1. The van der Waals surface area contributed by atoms with E-state index in [0.29, 0.717) is 31.6 Å². The summed E-state index contributed by atoms with van der Waals surface area (Å²) in [6.07, 6.45) is 1.13. The van der Waals surface area contributed by atoms with Gasteiger partial charge in [-0.05, 0) is 29.9 Å². The first-order valence-corrected chi connectivity index (χ1v) is 9.27. The fourth-order valence-corrected chi connectivity index (χ4v) is 3.96. The molecule has 1 aliphatic rings. The summed E-state index contributed by atoms with van der Waals surface area (Å²) in [5.41, 5.74) is 7.52. The monoisotopic (exact) mass is 370 g/mol. The van der Waals surface area contributed by atoms with Crippen molar-refractivity contribution in [2.24, 2.45) is 5.73 Å². The maximum atomic E-state index is 12.5. The number of benzene rings is 1. The highest BCUT2D eigenvalue weighted by Gasteiger charge is 2.43. The summed E-state index contributed by atoms with van der Waals surface area (Å²) >= 11 is 0. The molecule has 0 radical (unpaired) electrons. The van der Waals surface area contributed by atoms with Crippen LogP contribution in [0.25, 0.3) is 0 Å². The van der Waals surface area contributed by atoms with Crippen molar-refractivity contribution in [1.82, 2.24) is 15.1 Å². The average molecular weight is 370 g/mol. The maximum Gasteiger partial charge on any atom is 0.264 e. The topological polar surface area (TPSA) is 112 Å². The maximum absolute atomic E-state index is 12.5. The van der Waals surface area contributed by atoms with Crippen LogP contribution in [0.3, 0.4) is 0 Å². The number of nitrogens with one attached hydrogen (secondary N) is 2. The van der Waals surface area contributed by atoms with Crippen LogP contribution in [0.2, 0.25) is 0 Å². The number of carbonyl (C=O) groups excluding carboxylic acids is 2. The van der Waals surface area contributed by atoms with Crippen LogP contribution in [0, 0.1) is 0 Å². The Labute approximate surface area is 157 Å². The molecule has 27 heavy (non-hydrogen) atoms. The zero-order chi connectivity index (χ0) is 19.6. The highest BCUT2D eigenvalue weighted by atomic mass is 16.2. The van der Waals surface area contributed by atoms with E-state index in [1.54, 1.807) is 4.90 Å². The number of hydrogen-bond acceptors (Lipinski definition) is 3. The van der Waals surface area contributed by atoms with Gasteiger partial charge in [0.25, 0.3) is 5.56 Å². The molecule has 0 aliphatic carbocycles. The number of rotatable bonds is 5. The molecular weight excluding hydrogens is 344 g/mol. The van der Waals surface area contributed by atoms with Crippen LogP contribution in [0.4, 0.5) is 0 Å². The first kappa shape index (κ1) is 18.9. The number of nitrogens with two attached hydrogens (primary N) is 1. The molecular formula is C20H26N4O3. The Balaban J connectivity index is 1.79. The third-order valence-electron chi connectivity index (χ3n) is 5.53. The molecule has 0 unspecified atom stereocenters. The normalized spacial score (nSPS) is 16.5. The van der Waals surface area contributed by atoms with Gasteiger partial charge in [0, 0.05) is 24.8 Å². The van der Waals surface area contributed by atoms with Gasteiger partial charge < -0.3 is 15.7 Å². The van der Waals surface area contributed by atoms with Crippen LogP contribution in [0.1, 0.15) is 49.4 Å². The van der Waals surface area contributed by atoms with Gasteiger partial charge in [-0.2, -0.15) is 0 Å². The third kappa shape index (κ3) is 3.67. The molecule has 2 heterocycles. The lowest BCUT2D eigenvalue weighted by atomic mass is 9.69. The summed E-state index contributed by atoms with van der Waals surface area (Å²) in [6.45, 7) is 5.12. The van der Waals surface area contributed by atoms with Crippen molar-refractivity contribution in [1.29, 1.82) is 0 Å². The van der Waals surface area contributed by atoms with Crippen LogP contribution in [-0.2, 0) is 21.4 Å². The fourth-order valence-electron chi connectivity index (χ4n) is 3.96. The minimum Gasteiger partial charge on any atom is -0.369 e. The number of aromatic amines is 2. The second-order valence-corrected chi connectivity index (χ2v) is 7.53. The molecule has 0 bridgehead atoms. The van der Waals surface area contributed by atoms with Crippen molar-refractivity contribution in [3.63, 3.8) is 0 Å². The Kier molecular flexibility index (Phi) is 5.21. The Bertz CT molecular complexity index is 888. The van der Waals surface area contributed by atoms with Gasteiger partial charge >= 0.3 is 0 Å². The SMILES string of the molecule is CC(C)c1ccccc1C1(C(N)=O)CCN(C(=O)Cc2cc(=O)[nH][nH]2)CC1. The fraction of sp³-hybridized carbons (Fsp3) is 0.450. The molecule has 7 nitrogen and oxygen atoms in total. The van der Waals surface area contributed by atoms with E-state index in [2.05, 4.69) is 24.0 Å². The molecule has 2 aromatic rings. The Morgan fingerprint density at radius 1 is 1.19 bits per heavy atom. The molecule has 1 aliphatic heterocycles. The van der Waals surface area contributed by atoms with Gasteiger partial charge in [0.05, 0.1) is 11.8 Å². The first-order valence-electron chi connectivity index (χ1n) is 9.27. The summed E-state index contributed by atoms with van der Waals surface area (Å²) in [7, 11) is 0. The molecule has 0 saturated carbocycles. The van der Waals surface area contributed by atoms with Gasteiger partial charge in [-0.15, -0.1) is 0 Å². The number of amides is 2. The van der Waals surface area contributed by atoms with E-state index in [1.807, 2.05) is 24.3 Å². The van der Waals surface area contributed by atoms with E-state index >= 15 is 0 Å². The molecule has 3 rings (SSSR count). The van der Waals surface area contributed by atoms with Gasteiger partial charge in [0.15, 0.2) is 0 Å². The number of likely N-dealkylation sites (tertiary alicyclic amines) is 1. The molecule has 0 spiro atoms. The van der Waals surface area contributed by atoms with Gasteiger partial charge in [0.2, 0.25) is 11.8 Å². The van der Waals surface area contributed by atoms with Crippen LogP contribution in [-0.4, -0.2) is 40.0 Å². The minimum atomic E-state index is -0.750. The summed E-state index contributed by atoms with van der Waals surface area (Å²) in [5.74, 6) is -0.124. The van der Waals surface area contributed by atoms with E-state index in [1.165, 1.54) is 6.07 Å². The van der Waals surface area contributed by atoms with E-state index in [4.69, 9.17) is 5.73 Å². The smallest absolute Gasteiger partial charge is 0.264 e. The lowest BCUT2D eigenvalue weighted by Crippen LogP contribution is -2.52. The Morgan fingerprint density at radius 3 is 2.41 bits per heavy atom. The second kappa shape index (κ2) is 7.42. The summed E-state index contributed by atoms with van der Waals surface area (Å²) in [6, 6.07) is 9.33. The molecule has 7 heteroatoms. The lowest BCUT2D eigenvalue weighted by molar-refractivity contribution is -0.135. The van der Waals surface area contributed by atoms with Crippen LogP contribution >= 0.6 is 0 Å². The van der Waals surface area contributed by atoms with E-state index in [-0.39, 0.29) is 29.7 Å². The molecule has 1 aromatic carbocycles. The Hall–Kier alpha value is -2.83. The number of aromatic nitrogens is 2. The quantitative estimate of drug-likeness (QED) is 0.740. The molecule has 1 aromatic heterocycles. The predicted molar refractivity (Wildman–Crippen MR) is 102 cm³/mol. The van der Waals surface area contributed by atoms with Crippen molar-refractivity contribution in [3.05, 3.63) is 57.5 Å². The molecule has 1 fully saturated rings. The van der Waals surface area contributed by atoms with Crippen molar-refractivity contribution in [2.75, 3.05) is 13.1 Å². The number of hydrogen-bond donors (Lipinski definition) is 3. The molecule has 2 amide bonds. The third-order valence-corrected chi connectivity index (χ3v) is 5.53. The molecule has 1 saturated heterocycles. The minimum absolute atomic E-state index is 0.0690. The Morgan fingerprint density at radius 2 is 1.85 bits per heavy atom. The summed E-state index contributed by atoms with van der Waals surface area (Å²) in [4.78, 5) is 38.0. The standard InChI is InChI=1S/C20H26N4O3/c1-13(2)15-5-3-4-6-16(15)20(19(21)27)7-9-24(10-8-20)18(26)12-14-11-17(25)23-22-14/h3-6,11,13H,7-10,12H2,1-2H3,(H2,21,27)(H2,22,23,25). The van der Waals surface area contributed by atoms with Gasteiger partial charge in [0.1, 0.15) is 0 Å². The molecule has 144 valence electrons. The van der Waals surface area contributed by atoms with Crippen LogP contribution < -0.4 is 11.3 Å². The van der Waals surface area contributed by atoms with Crippen molar-refractivity contribution in [3.8, 4) is 0 Å². The largest absolute Gasteiger partial charge is 0.369 e. The van der Waals surface area contributed by atoms with Crippen molar-refractivity contribution < 1.29 is 9.59 Å². The molecule has 4 N–H and O–H groups in total. The second-order valence-electron chi connectivity index (χ2n) is 7.53. The summed E-state index contributed by atoms with van der Waals surface area (Å²) < 4.78 is 0. The highest BCUT2D eigenvalue weighted by Crippen LogP contribution is 2.39. The van der Waals surface area contributed by atoms with Gasteiger partial charge in [-0.25, -0.2) is 0 Å². The molecule has 0 atom stereocenters. The van der Waals surface area contributed by atoms with Crippen LogP contribution in [0.5, 0.6) is 0 Å². The number of primary amides is 1. The highest BCUT2D eigenvalue weighted by molar-refractivity contribution is 5.88. The number of H-pyrrole nitrogens is 2. The van der Waals surface area contributed by atoms with Gasteiger partial charge in [-0.1, -0.05) is 38.1 Å². The van der Waals surface area contributed by atoms with E-state index in [0.717, 1.165) is 11.1 Å². The van der Waals surface area contributed by atoms with Gasteiger partial charge in [-0.3, -0.25) is 19.5 Å². The van der Waals surface area contributed by atoms with E-state index in [9.17, 15) is 14.4 Å². The number of piperidine rings is 1. The predicted octanol–water partition coefficient (Wildman–Crippen LogP) is 1.41. The van der Waals surface area contributed by atoms with Crippen molar-refractivity contribution in [2.45, 2.75) is 44.4 Å². The summed E-state index contributed by atoms with van der Waals surface area (Å²) in [5, 5.41) is 5.13. The number of carbonyl (C=O) groups is 2. The van der Waals surface area contributed by atoms with Crippen molar-refractivity contribution >= 4 is 11.8 Å². The van der Waals surface area contributed by atoms with E-state index < -0.39 is 5.41 Å². The zero-order valence-electron chi connectivity index (χ0n) is 15.7. The van der Waals surface area contributed by atoms with Crippen LogP contribution in [0.15, 0.2) is 35.1 Å². The average Bonchev–Trinajstić information content (AvgIpc) is 3.06. The zero-order valence-corrected chi connectivity index (χ0v) is 15.7. The first-order chi connectivity index (χ1) is 12.8. The lowest BCUT2D eigenvalue weighted by Gasteiger charge is -2.41.